The smallest absolute Gasteiger partial charge is 0.336 e. The highest BCUT2D eigenvalue weighted by Gasteiger charge is 2.22. The van der Waals surface area contributed by atoms with Crippen LogP contribution in [0.3, 0.4) is 0 Å². The molecule has 1 saturated heterocycles. The molecular formula is C14H19NO3. The van der Waals surface area contributed by atoms with Crippen LogP contribution in [0.15, 0.2) is 18.2 Å². The second kappa shape index (κ2) is 5.40. The number of benzene rings is 1. The first-order valence-electron chi connectivity index (χ1n) is 6.26. The van der Waals surface area contributed by atoms with E-state index < -0.39 is 5.97 Å². The Morgan fingerprint density at radius 2 is 2.33 bits per heavy atom. The van der Waals surface area contributed by atoms with Crippen LogP contribution in [0.4, 0.5) is 5.69 Å². The number of carbonyl (C=O) groups is 1. The zero-order valence-electron chi connectivity index (χ0n) is 10.8. The van der Waals surface area contributed by atoms with Gasteiger partial charge in [-0.2, -0.15) is 0 Å². The van der Waals surface area contributed by atoms with Crippen molar-refractivity contribution in [3.63, 3.8) is 0 Å². The summed E-state index contributed by atoms with van der Waals surface area (Å²) in [6, 6.07) is 5.62. The summed E-state index contributed by atoms with van der Waals surface area (Å²) >= 11 is 0. The first kappa shape index (κ1) is 12.9. The number of carboxylic acid groups (broad SMARTS) is 1. The van der Waals surface area contributed by atoms with E-state index in [9.17, 15) is 4.79 Å². The minimum atomic E-state index is -0.881. The van der Waals surface area contributed by atoms with Gasteiger partial charge in [-0.25, -0.2) is 4.79 Å². The summed E-state index contributed by atoms with van der Waals surface area (Å²) in [7, 11) is 0. The van der Waals surface area contributed by atoms with Crippen LogP contribution in [0.1, 0.15) is 29.3 Å². The number of hydrogen-bond donors (Lipinski definition) is 2. The van der Waals surface area contributed by atoms with E-state index in [1.54, 1.807) is 12.1 Å². The average molecular weight is 249 g/mol. The molecule has 1 aliphatic heterocycles. The summed E-state index contributed by atoms with van der Waals surface area (Å²) in [6.45, 7) is 5.56. The van der Waals surface area contributed by atoms with E-state index in [0.29, 0.717) is 11.5 Å². The van der Waals surface area contributed by atoms with Crippen LogP contribution in [-0.4, -0.2) is 30.3 Å². The lowest BCUT2D eigenvalue weighted by Crippen LogP contribution is -2.26. The quantitative estimate of drug-likeness (QED) is 0.861. The summed E-state index contributed by atoms with van der Waals surface area (Å²) < 4.78 is 5.37. The first-order chi connectivity index (χ1) is 8.59. The first-order valence-corrected chi connectivity index (χ1v) is 6.26. The minimum Gasteiger partial charge on any atom is -0.478 e. The van der Waals surface area contributed by atoms with Gasteiger partial charge in [0.05, 0.1) is 12.2 Å². The molecule has 0 amide bonds. The SMILES string of the molecule is Cc1c(NC(C)C2CCOC2)cccc1C(=O)O. The molecule has 2 atom stereocenters. The van der Waals surface area contributed by atoms with Crippen molar-refractivity contribution in [1.29, 1.82) is 0 Å². The van der Waals surface area contributed by atoms with E-state index >= 15 is 0 Å². The Balaban J connectivity index is 2.13. The topological polar surface area (TPSA) is 58.6 Å². The molecule has 98 valence electrons. The average Bonchev–Trinajstić information content (AvgIpc) is 2.85. The highest BCUT2D eigenvalue weighted by Crippen LogP contribution is 2.24. The number of rotatable bonds is 4. The van der Waals surface area contributed by atoms with E-state index in [0.717, 1.165) is 30.9 Å². The van der Waals surface area contributed by atoms with Gasteiger partial charge in [0.25, 0.3) is 0 Å². The van der Waals surface area contributed by atoms with Gasteiger partial charge >= 0.3 is 5.97 Å². The molecule has 0 spiro atoms. The van der Waals surface area contributed by atoms with Gasteiger partial charge in [-0.05, 0) is 38.0 Å². The number of anilines is 1. The third kappa shape index (κ3) is 2.64. The van der Waals surface area contributed by atoms with Crippen LogP contribution in [0.2, 0.25) is 0 Å². The van der Waals surface area contributed by atoms with Crippen LogP contribution in [0, 0.1) is 12.8 Å². The predicted molar refractivity (Wildman–Crippen MR) is 70.1 cm³/mol. The van der Waals surface area contributed by atoms with Gasteiger partial charge in [-0.15, -0.1) is 0 Å². The summed E-state index contributed by atoms with van der Waals surface area (Å²) in [5.74, 6) is -0.383. The van der Waals surface area contributed by atoms with Crippen molar-refractivity contribution in [2.45, 2.75) is 26.3 Å². The molecule has 2 rings (SSSR count). The number of carboxylic acids is 1. The summed E-state index contributed by atoms with van der Waals surface area (Å²) in [5, 5.41) is 12.5. The molecule has 4 nitrogen and oxygen atoms in total. The van der Waals surface area contributed by atoms with E-state index in [1.807, 2.05) is 13.0 Å². The van der Waals surface area contributed by atoms with E-state index in [1.165, 1.54) is 0 Å². The standard InChI is InChI=1S/C14H19NO3/c1-9-12(14(16)17)4-3-5-13(9)15-10(2)11-6-7-18-8-11/h3-5,10-11,15H,6-8H2,1-2H3,(H,16,17). The Morgan fingerprint density at radius 1 is 1.56 bits per heavy atom. The lowest BCUT2D eigenvalue weighted by Gasteiger charge is -2.22. The van der Waals surface area contributed by atoms with Crippen LogP contribution in [0.25, 0.3) is 0 Å². The van der Waals surface area contributed by atoms with Crippen LogP contribution >= 0.6 is 0 Å². The number of ether oxygens (including phenoxy) is 1. The fourth-order valence-electron chi connectivity index (χ4n) is 2.33. The zero-order chi connectivity index (χ0) is 13.1. The Bertz CT molecular complexity index is 439. The maximum Gasteiger partial charge on any atom is 0.336 e. The fraction of sp³-hybridized carbons (Fsp3) is 0.500. The van der Waals surface area contributed by atoms with Gasteiger partial charge < -0.3 is 15.2 Å². The predicted octanol–water partition coefficient (Wildman–Crippen LogP) is 2.53. The second-order valence-electron chi connectivity index (χ2n) is 4.84. The van der Waals surface area contributed by atoms with Crippen molar-refractivity contribution in [1.82, 2.24) is 0 Å². The third-order valence-corrected chi connectivity index (χ3v) is 3.62. The molecule has 0 saturated carbocycles. The molecule has 4 heteroatoms. The van der Waals surface area contributed by atoms with Gasteiger partial charge in [-0.1, -0.05) is 6.07 Å². The molecule has 18 heavy (non-hydrogen) atoms. The molecule has 0 radical (unpaired) electrons. The molecule has 1 aliphatic rings. The highest BCUT2D eigenvalue weighted by atomic mass is 16.5. The fourth-order valence-corrected chi connectivity index (χ4v) is 2.33. The maximum atomic E-state index is 11.1. The Morgan fingerprint density at radius 3 is 2.94 bits per heavy atom. The third-order valence-electron chi connectivity index (χ3n) is 3.62. The molecule has 1 aromatic rings. The molecule has 1 heterocycles. The summed E-state index contributed by atoms with van der Waals surface area (Å²) in [4.78, 5) is 11.1. The van der Waals surface area contributed by atoms with Crippen molar-refractivity contribution >= 4 is 11.7 Å². The Kier molecular flexibility index (Phi) is 3.87. The van der Waals surface area contributed by atoms with Crippen molar-refractivity contribution in [2.24, 2.45) is 5.92 Å². The molecule has 1 fully saturated rings. The van der Waals surface area contributed by atoms with E-state index in [2.05, 4.69) is 12.2 Å². The molecule has 0 bridgehead atoms. The number of nitrogens with one attached hydrogen (secondary N) is 1. The van der Waals surface area contributed by atoms with Crippen molar-refractivity contribution in [2.75, 3.05) is 18.5 Å². The maximum absolute atomic E-state index is 11.1. The largest absolute Gasteiger partial charge is 0.478 e. The Labute approximate surface area is 107 Å². The number of hydrogen-bond acceptors (Lipinski definition) is 3. The van der Waals surface area contributed by atoms with E-state index in [-0.39, 0.29) is 6.04 Å². The summed E-state index contributed by atoms with van der Waals surface area (Å²) in [6.07, 6.45) is 1.06. The van der Waals surface area contributed by atoms with Crippen molar-refractivity contribution < 1.29 is 14.6 Å². The van der Waals surface area contributed by atoms with Gasteiger partial charge in [0.2, 0.25) is 0 Å². The van der Waals surface area contributed by atoms with Gasteiger partial charge in [-0.3, -0.25) is 0 Å². The van der Waals surface area contributed by atoms with Crippen LogP contribution in [-0.2, 0) is 4.74 Å². The van der Waals surface area contributed by atoms with Gasteiger partial charge in [0, 0.05) is 24.3 Å². The molecule has 2 N–H and O–H groups in total. The lowest BCUT2D eigenvalue weighted by atomic mass is 9.99. The Hall–Kier alpha value is -1.55. The van der Waals surface area contributed by atoms with E-state index in [4.69, 9.17) is 9.84 Å². The molecule has 0 aromatic heterocycles. The number of aromatic carboxylic acids is 1. The minimum absolute atomic E-state index is 0.287. The molecule has 1 aromatic carbocycles. The van der Waals surface area contributed by atoms with Gasteiger partial charge in [0.1, 0.15) is 0 Å². The zero-order valence-corrected chi connectivity index (χ0v) is 10.8. The molecule has 0 aliphatic carbocycles. The van der Waals surface area contributed by atoms with Crippen LogP contribution < -0.4 is 5.32 Å². The normalized spacial score (nSPS) is 20.7. The highest BCUT2D eigenvalue weighted by molar-refractivity contribution is 5.91. The molecule has 2 unspecified atom stereocenters. The van der Waals surface area contributed by atoms with Crippen LogP contribution in [0.5, 0.6) is 0 Å². The molecular weight excluding hydrogens is 230 g/mol. The second-order valence-corrected chi connectivity index (χ2v) is 4.84. The van der Waals surface area contributed by atoms with Crippen molar-refractivity contribution in [3.8, 4) is 0 Å². The monoisotopic (exact) mass is 249 g/mol. The van der Waals surface area contributed by atoms with Gasteiger partial charge in [0.15, 0.2) is 0 Å². The summed E-state index contributed by atoms with van der Waals surface area (Å²) in [5.41, 5.74) is 2.04. The lowest BCUT2D eigenvalue weighted by molar-refractivity contribution is 0.0696. The van der Waals surface area contributed by atoms with Crippen molar-refractivity contribution in [3.05, 3.63) is 29.3 Å².